The average molecular weight is 340 g/mol. The summed E-state index contributed by atoms with van der Waals surface area (Å²) in [6, 6.07) is 14.8. The second kappa shape index (κ2) is 8.33. The highest BCUT2D eigenvalue weighted by Crippen LogP contribution is 2.15. The van der Waals surface area contributed by atoms with Crippen LogP contribution in [-0.4, -0.2) is 36.9 Å². The van der Waals surface area contributed by atoms with Crippen molar-refractivity contribution in [1.29, 1.82) is 0 Å². The van der Waals surface area contributed by atoms with Gasteiger partial charge >= 0.3 is 0 Å². The summed E-state index contributed by atoms with van der Waals surface area (Å²) in [7, 11) is 3.46. The number of ether oxygens (including phenoxy) is 1. The molecule has 0 radical (unpaired) electrons. The molecule has 5 heteroatoms. The number of carbonyl (C=O) groups excluding carboxylic acids is 2. The number of amides is 2. The lowest BCUT2D eigenvalue weighted by atomic mass is 10.1. The van der Waals surface area contributed by atoms with E-state index in [4.69, 9.17) is 4.74 Å². The Morgan fingerprint density at radius 3 is 2.20 bits per heavy atom. The molecule has 0 aromatic heterocycles. The summed E-state index contributed by atoms with van der Waals surface area (Å²) in [6.07, 6.45) is -0.272. The number of nitrogens with one attached hydrogen (secondary N) is 1. The molecule has 0 aliphatic heterocycles. The number of hydrogen-bond donors (Lipinski definition) is 1. The lowest BCUT2D eigenvalue weighted by Crippen LogP contribution is -2.30. The van der Waals surface area contributed by atoms with Gasteiger partial charge in [0.1, 0.15) is 5.75 Å². The van der Waals surface area contributed by atoms with Crippen molar-refractivity contribution < 1.29 is 14.3 Å². The highest BCUT2D eigenvalue weighted by atomic mass is 16.5. The van der Waals surface area contributed by atoms with Gasteiger partial charge in [0, 0.05) is 19.8 Å². The lowest BCUT2D eigenvalue weighted by Gasteiger charge is -2.15. The fourth-order valence-electron chi connectivity index (χ4n) is 2.16. The molecule has 0 saturated carbocycles. The molecule has 0 fully saturated rings. The van der Waals surface area contributed by atoms with Crippen LogP contribution in [0.4, 0.5) is 5.69 Å². The predicted octanol–water partition coefficient (Wildman–Crippen LogP) is 3.03. The Bertz CT molecular complexity index is 722. The van der Waals surface area contributed by atoms with Gasteiger partial charge in [-0.3, -0.25) is 9.59 Å². The summed E-state index contributed by atoms with van der Waals surface area (Å²) in [5, 5.41) is 2.82. The van der Waals surface area contributed by atoms with E-state index in [-0.39, 0.29) is 11.8 Å². The Morgan fingerprint density at radius 2 is 1.64 bits per heavy atom. The van der Waals surface area contributed by atoms with Crippen molar-refractivity contribution in [3.8, 4) is 5.75 Å². The van der Waals surface area contributed by atoms with E-state index >= 15 is 0 Å². The third-order valence-electron chi connectivity index (χ3n) is 3.78. The SMILES string of the molecule is Cc1ccc(OC(C)C(=O)Nc2ccc(CC(=O)N(C)C)cc2)cc1. The molecule has 1 atom stereocenters. The first-order valence-corrected chi connectivity index (χ1v) is 8.18. The number of aryl methyl sites for hydroxylation is 1. The van der Waals surface area contributed by atoms with E-state index in [0.717, 1.165) is 11.1 Å². The lowest BCUT2D eigenvalue weighted by molar-refractivity contribution is -0.128. The quantitative estimate of drug-likeness (QED) is 0.879. The van der Waals surface area contributed by atoms with Gasteiger partial charge in [0.2, 0.25) is 5.91 Å². The van der Waals surface area contributed by atoms with E-state index in [9.17, 15) is 9.59 Å². The van der Waals surface area contributed by atoms with Crippen molar-refractivity contribution >= 4 is 17.5 Å². The van der Waals surface area contributed by atoms with E-state index in [1.807, 2.05) is 43.3 Å². The molecular weight excluding hydrogens is 316 g/mol. The Kier molecular flexibility index (Phi) is 6.17. The molecule has 0 saturated heterocycles. The number of hydrogen-bond acceptors (Lipinski definition) is 3. The van der Waals surface area contributed by atoms with E-state index in [2.05, 4.69) is 5.32 Å². The van der Waals surface area contributed by atoms with Gasteiger partial charge < -0.3 is 15.0 Å². The fraction of sp³-hybridized carbons (Fsp3) is 0.300. The minimum absolute atomic E-state index is 0.0388. The Morgan fingerprint density at radius 1 is 1.04 bits per heavy atom. The summed E-state index contributed by atoms with van der Waals surface area (Å²) in [5.41, 5.74) is 2.71. The zero-order valence-electron chi connectivity index (χ0n) is 15.1. The van der Waals surface area contributed by atoms with Crippen LogP contribution in [0.5, 0.6) is 5.75 Å². The van der Waals surface area contributed by atoms with Crippen molar-refractivity contribution in [2.24, 2.45) is 0 Å². The summed E-state index contributed by atoms with van der Waals surface area (Å²) in [5.74, 6) is 0.473. The van der Waals surface area contributed by atoms with Crippen molar-refractivity contribution in [2.75, 3.05) is 19.4 Å². The molecule has 2 aromatic rings. The first kappa shape index (κ1) is 18.5. The van der Waals surface area contributed by atoms with Gasteiger partial charge in [-0.15, -0.1) is 0 Å². The molecule has 2 rings (SSSR count). The van der Waals surface area contributed by atoms with Crippen LogP contribution in [-0.2, 0) is 16.0 Å². The van der Waals surface area contributed by atoms with Crippen molar-refractivity contribution in [3.05, 3.63) is 59.7 Å². The third-order valence-corrected chi connectivity index (χ3v) is 3.78. The molecule has 5 nitrogen and oxygen atoms in total. The number of likely N-dealkylation sites (N-methyl/N-ethyl adjacent to an activating group) is 1. The van der Waals surface area contributed by atoms with Crippen LogP contribution in [0, 0.1) is 6.92 Å². The van der Waals surface area contributed by atoms with Crippen molar-refractivity contribution in [3.63, 3.8) is 0 Å². The highest BCUT2D eigenvalue weighted by Gasteiger charge is 2.15. The van der Waals surface area contributed by atoms with Gasteiger partial charge in [-0.05, 0) is 43.7 Å². The second-order valence-electron chi connectivity index (χ2n) is 6.22. The molecule has 0 spiro atoms. The van der Waals surface area contributed by atoms with Gasteiger partial charge in [0.25, 0.3) is 5.91 Å². The predicted molar refractivity (Wildman–Crippen MR) is 98.7 cm³/mol. The number of carbonyl (C=O) groups is 2. The maximum Gasteiger partial charge on any atom is 0.265 e. The fourth-order valence-corrected chi connectivity index (χ4v) is 2.16. The number of nitrogens with zero attached hydrogens (tertiary/aromatic N) is 1. The van der Waals surface area contributed by atoms with Crippen LogP contribution in [0.15, 0.2) is 48.5 Å². The van der Waals surface area contributed by atoms with Gasteiger partial charge in [-0.2, -0.15) is 0 Å². The molecule has 2 amide bonds. The first-order valence-electron chi connectivity index (χ1n) is 8.18. The average Bonchev–Trinajstić information content (AvgIpc) is 2.58. The van der Waals surface area contributed by atoms with E-state index in [1.54, 1.807) is 38.1 Å². The van der Waals surface area contributed by atoms with E-state index in [1.165, 1.54) is 0 Å². The highest BCUT2D eigenvalue weighted by molar-refractivity contribution is 5.94. The summed E-state index contributed by atoms with van der Waals surface area (Å²) >= 11 is 0. The topological polar surface area (TPSA) is 58.6 Å². The number of rotatable bonds is 6. The third kappa shape index (κ3) is 5.64. The number of anilines is 1. The molecule has 1 unspecified atom stereocenters. The minimum Gasteiger partial charge on any atom is -0.481 e. The molecule has 0 bridgehead atoms. The van der Waals surface area contributed by atoms with Crippen LogP contribution in [0.2, 0.25) is 0 Å². The maximum absolute atomic E-state index is 12.2. The normalized spacial score (nSPS) is 11.5. The Labute approximate surface area is 148 Å². The standard InChI is InChI=1S/C20H24N2O3/c1-14-5-11-18(12-6-14)25-15(2)20(24)21-17-9-7-16(8-10-17)13-19(23)22(3)4/h5-12,15H,13H2,1-4H3,(H,21,24). The maximum atomic E-state index is 12.2. The van der Waals surface area contributed by atoms with Gasteiger partial charge in [0.05, 0.1) is 6.42 Å². The molecule has 0 aliphatic carbocycles. The van der Waals surface area contributed by atoms with Crippen LogP contribution >= 0.6 is 0 Å². The Hall–Kier alpha value is -2.82. The largest absolute Gasteiger partial charge is 0.481 e. The van der Waals surface area contributed by atoms with E-state index < -0.39 is 6.10 Å². The second-order valence-corrected chi connectivity index (χ2v) is 6.22. The molecule has 1 N–H and O–H groups in total. The summed E-state index contributed by atoms with van der Waals surface area (Å²) in [6.45, 7) is 3.70. The van der Waals surface area contributed by atoms with Crippen LogP contribution in [0.3, 0.4) is 0 Å². The zero-order valence-corrected chi connectivity index (χ0v) is 15.1. The molecule has 0 heterocycles. The van der Waals surface area contributed by atoms with Crippen LogP contribution in [0.1, 0.15) is 18.1 Å². The molecule has 25 heavy (non-hydrogen) atoms. The Balaban J connectivity index is 1.91. The van der Waals surface area contributed by atoms with Gasteiger partial charge in [-0.1, -0.05) is 29.8 Å². The summed E-state index contributed by atoms with van der Waals surface area (Å²) in [4.78, 5) is 25.5. The first-order chi connectivity index (χ1) is 11.8. The van der Waals surface area contributed by atoms with Gasteiger partial charge in [-0.25, -0.2) is 0 Å². The zero-order chi connectivity index (χ0) is 18.4. The van der Waals surface area contributed by atoms with Crippen molar-refractivity contribution in [1.82, 2.24) is 4.90 Å². The molecule has 2 aromatic carbocycles. The summed E-state index contributed by atoms with van der Waals surface area (Å²) < 4.78 is 5.64. The molecular formula is C20H24N2O3. The van der Waals surface area contributed by atoms with Gasteiger partial charge in [0.15, 0.2) is 6.10 Å². The minimum atomic E-state index is -0.613. The number of benzene rings is 2. The smallest absolute Gasteiger partial charge is 0.265 e. The monoisotopic (exact) mass is 340 g/mol. The van der Waals surface area contributed by atoms with Crippen LogP contribution in [0.25, 0.3) is 0 Å². The van der Waals surface area contributed by atoms with E-state index in [0.29, 0.717) is 17.9 Å². The van der Waals surface area contributed by atoms with Crippen LogP contribution < -0.4 is 10.1 Å². The van der Waals surface area contributed by atoms with Crippen molar-refractivity contribution in [2.45, 2.75) is 26.4 Å². The molecule has 0 aliphatic rings. The molecule has 132 valence electrons.